The molecule has 1 N–H and O–H groups in total. The lowest BCUT2D eigenvalue weighted by atomic mass is 9.95. The number of nitrogens with one attached hydrogen (secondary N) is 1. The van der Waals surface area contributed by atoms with Crippen LogP contribution in [0.15, 0.2) is 24.3 Å². The zero-order valence-corrected chi connectivity index (χ0v) is 10.1. The average molecular weight is 226 g/mol. The Hall–Kier alpha value is -1.02. The van der Waals surface area contributed by atoms with E-state index in [4.69, 9.17) is 11.6 Å². The van der Waals surface area contributed by atoms with Crippen LogP contribution in [0.5, 0.6) is 0 Å². The maximum atomic E-state index is 11.7. The van der Waals surface area contributed by atoms with Crippen LogP contribution in [0.2, 0.25) is 0 Å². The van der Waals surface area contributed by atoms with Crippen LogP contribution in [0.3, 0.4) is 0 Å². The average Bonchev–Trinajstić information content (AvgIpc) is 2.17. The number of hydrogen-bond donors (Lipinski definition) is 1. The smallest absolute Gasteiger partial charge is 0.229 e. The van der Waals surface area contributed by atoms with Crippen molar-refractivity contribution in [2.45, 2.75) is 26.7 Å². The molecule has 0 aliphatic heterocycles. The highest BCUT2D eigenvalue weighted by atomic mass is 35.5. The van der Waals surface area contributed by atoms with Gasteiger partial charge in [0, 0.05) is 17.0 Å². The van der Waals surface area contributed by atoms with Gasteiger partial charge in [-0.3, -0.25) is 4.79 Å². The summed E-state index contributed by atoms with van der Waals surface area (Å²) in [7, 11) is 0. The summed E-state index contributed by atoms with van der Waals surface area (Å²) in [6.07, 6.45) is 0. The van der Waals surface area contributed by atoms with E-state index in [9.17, 15) is 4.79 Å². The van der Waals surface area contributed by atoms with Gasteiger partial charge in [-0.15, -0.1) is 11.6 Å². The van der Waals surface area contributed by atoms with Crippen LogP contribution in [0, 0.1) is 5.41 Å². The zero-order valence-electron chi connectivity index (χ0n) is 9.30. The largest absolute Gasteiger partial charge is 0.326 e. The molecule has 0 radical (unpaired) electrons. The van der Waals surface area contributed by atoms with Gasteiger partial charge in [0.05, 0.1) is 0 Å². The molecule has 2 nitrogen and oxygen atoms in total. The molecule has 0 aliphatic carbocycles. The molecular weight excluding hydrogens is 210 g/mol. The normalized spacial score (nSPS) is 11.2. The molecule has 0 aromatic heterocycles. The Balaban J connectivity index is 2.70. The van der Waals surface area contributed by atoms with Gasteiger partial charge in [0.25, 0.3) is 0 Å². The van der Waals surface area contributed by atoms with Gasteiger partial charge in [-0.2, -0.15) is 0 Å². The Kier molecular flexibility index (Phi) is 3.75. The first-order valence-electron chi connectivity index (χ1n) is 4.90. The van der Waals surface area contributed by atoms with Gasteiger partial charge in [-0.25, -0.2) is 0 Å². The molecule has 1 aromatic carbocycles. The number of amides is 1. The van der Waals surface area contributed by atoms with E-state index >= 15 is 0 Å². The molecule has 0 heterocycles. The number of anilines is 1. The third kappa shape index (κ3) is 3.56. The van der Waals surface area contributed by atoms with Crippen molar-refractivity contribution >= 4 is 23.2 Å². The summed E-state index contributed by atoms with van der Waals surface area (Å²) >= 11 is 5.67. The standard InChI is InChI=1S/C12H16ClNO/c1-12(2,3)11(15)14-10-6-4-9(8-13)5-7-10/h4-7H,8H2,1-3H3,(H,14,15). The lowest BCUT2D eigenvalue weighted by Gasteiger charge is -2.17. The maximum Gasteiger partial charge on any atom is 0.229 e. The first kappa shape index (κ1) is 12.1. The second kappa shape index (κ2) is 4.67. The van der Waals surface area contributed by atoms with Crippen LogP contribution < -0.4 is 5.32 Å². The van der Waals surface area contributed by atoms with E-state index in [2.05, 4.69) is 5.32 Å². The number of benzene rings is 1. The van der Waals surface area contributed by atoms with E-state index in [1.165, 1.54) is 0 Å². The molecule has 82 valence electrons. The van der Waals surface area contributed by atoms with E-state index in [1.54, 1.807) is 0 Å². The highest BCUT2D eigenvalue weighted by molar-refractivity contribution is 6.17. The lowest BCUT2D eigenvalue weighted by Crippen LogP contribution is -2.27. The lowest BCUT2D eigenvalue weighted by molar-refractivity contribution is -0.123. The minimum Gasteiger partial charge on any atom is -0.326 e. The highest BCUT2D eigenvalue weighted by Gasteiger charge is 2.20. The van der Waals surface area contributed by atoms with Gasteiger partial charge >= 0.3 is 0 Å². The summed E-state index contributed by atoms with van der Waals surface area (Å²) in [5, 5.41) is 2.85. The van der Waals surface area contributed by atoms with Crippen LogP contribution in [-0.2, 0) is 10.7 Å². The van der Waals surface area contributed by atoms with Gasteiger partial charge in [-0.05, 0) is 17.7 Å². The molecule has 0 fully saturated rings. The van der Waals surface area contributed by atoms with Crippen LogP contribution >= 0.6 is 11.6 Å². The van der Waals surface area contributed by atoms with E-state index < -0.39 is 0 Å². The van der Waals surface area contributed by atoms with Crippen molar-refractivity contribution in [3.63, 3.8) is 0 Å². The monoisotopic (exact) mass is 225 g/mol. The second-order valence-electron chi connectivity index (χ2n) is 4.53. The fourth-order valence-electron chi connectivity index (χ4n) is 0.996. The Morgan fingerprint density at radius 3 is 2.20 bits per heavy atom. The topological polar surface area (TPSA) is 29.1 Å². The molecule has 0 aliphatic rings. The summed E-state index contributed by atoms with van der Waals surface area (Å²) in [6, 6.07) is 7.54. The van der Waals surface area contributed by atoms with Gasteiger partial charge in [0.15, 0.2) is 0 Å². The predicted molar refractivity (Wildman–Crippen MR) is 64.1 cm³/mol. The summed E-state index contributed by atoms with van der Waals surface area (Å²) in [6.45, 7) is 5.65. The molecule has 0 atom stereocenters. The second-order valence-corrected chi connectivity index (χ2v) is 4.80. The van der Waals surface area contributed by atoms with Crippen molar-refractivity contribution in [3.8, 4) is 0 Å². The van der Waals surface area contributed by atoms with Crippen molar-refractivity contribution in [3.05, 3.63) is 29.8 Å². The fourth-order valence-corrected chi connectivity index (χ4v) is 1.17. The number of carbonyl (C=O) groups excluding carboxylic acids is 1. The Morgan fingerprint density at radius 1 is 1.27 bits per heavy atom. The summed E-state index contributed by atoms with van der Waals surface area (Å²) in [5.41, 5.74) is 1.49. The fraction of sp³-hybridized carbons (Fsp3) is 0.417. The molecule has 0 saturated heterocycles. The molecule has 1 rings (SSSR count). The van der Waals surface area contributed by atoms with Crippen molar-refractivity contribution in [2.75, 3.05) is 5.32 Å². The molecule has 15 heavy (non-hydrogen) atoms. The molecule has 0 spiro atoms. The molecule has 1 amide bonds. The van der Waals surface area contributed by atoms with Crippen LogP contribution in [0.1, 0.15) is 26.3 Å². The van der Waals surface area contributed by atoms with Gasteiger partial charge in [0.1, 0.15) is 0 Å². The first-order valence-corrected chi connectivity index (χ1v) is 5.43. The van der Waals surface area contributed by atoms with Gasteiger partial charge < -0.3 is 5.32 Å². The van der Waals surface area contributed by atoms with Crippen molar-refractivity contribution in [1.29, 1.82) is 0 Å². The van der Waals surface area contributed by atoms with E-state index in [1.807, 2.05) is 45.0 Å². The number of hydrogen-bond acceptors (Lipinski definition) is 1. The third-order valence-electron chi connectivity index (χ3n) is 2.05. The van der Waals surface area contributed by atoms with Crippen molar-refractivity contribution < 1.29 is 4.79 Å². The predicted octanol–water partition coefficient (Wildman–Crippen LogP) is 3.41. The SMILES string of the molecule is CC(C)(C)C(=O)Nc1ccc(CCl)cc1. The zero-order chi connectivity index (χ0) is 11.5. The maximum absolute atomic E-state index is 11.7. The molecule has 0 bridgehead atoms. The number of rotatable bonds is 2. The van der Waals surface area contributed by atoms with E-state index in [0.29, 0.717) is 5.88 Å². The number of carbonyl (C=O) groups is 1. The van der Waals surface area contributed by atoms with E-state index in [0.717, 1.165) is 11.3 Å². The minimum atomic E-state index is -0.370. The number of alkyl halides is 1. The Morgan fingerprint density at radius 2 is 1.80 bits per heavy atom. The molecule has 1 aromatic rings. The van der Waals surface area contributed by atoms with Gasteiger partial charge in [-0.1, -0.05) is 32.9 Å². The van der Waals surface area contributed by atoms with Crippen LogP contribution in [0.4, 0.5) is 5.69 Å². The molecular formula is C12H16ClNO. The summed E-state index contributed by atoms with van der Waals surface area (Å²) in [5.74, 6) is 0.508. The third-order valence-corrected chi connectivity index (χ3v) is 2.36. The van der Waals surface area contributed by atoms with E-state index in [-0.39, 0.29) is 11.3 Å². The van der Waals surface area contributed by atoms with Crippen molar-refractivity contribution in [2.24, 2.45) is 5.41 Å². The molecule has 3 heteroatoms. The minimum absolute atomic E-state index is 0.0149. The van der Waals surface area contributed by atoms with Crippen molar-refractivity contribution in [1.82, 2.24) is 0 Å². The summed E-state index contributed by atoms with van der Waals surface area (Å²) < 4.78 is 0. The van der Waals surface area contributed by atoms with Crippen LogP contribution in [-0.4, -0.2) is 5.91 Å². The number of halogens is 1. The Labute approximate surface area is 95.6 Å². The molecule has 0 unspecified atom stereocenters. The molecule has 0 saturated carbocycles. The quantitative estimate of drug-likeness (QED) is 0.768. The van der Waals surface area contributed by atoms with Gasteiger partial charge in [0.2, 0.25) is 5.91 Å². The first-order chi connectivity index (χ1) is 6.93. The Bertz CT molecular complexity index is 338. The summed E-state index contributed by atoms with van der Waals surface area (Å²) in [4.78, 5) is 11.7. The highest BCUT2D eigenvalue weighted by Crippen LogP contribution is 2.18. The van der Waals surface area contributed by atoms with Crippen LogP contribution in [0.25, 0.3) is 0 Å².